The Bertz CT molecular complexity index is 1430. The van der Waals surface area contributed by atoms with Crippen LogP contribution in [-0.2, 0) is 0 Å². The summed E-state index contributed by atoms with van der Waals surface area (Å²) in [5, 5.41) is 8.17. The third kappa shape index (κ3) is 3.60. The fourth-order valence-corrected chi connectivity index (χ4v) is 4.76. The van der Waals surface area contributed by atoms with Gasteiger partial charge in [0.15, 0.2) is 0 Å². The Morgan fingerprint density at radius 3 is 2.59 bits per heavy atom. The summed E-state index contributed by atoms with van der Waals surface area (Å²) in [5.41, 5.74) is 3.14. The van der Waals surface area contributed by atoms with Crippen molar-refractivity contribution < 1.29 is 18.3 Å². The third-order valence-electron chi connectivity index (χ3n) is 6.07. The number of pyridine rings is 1. The monoisotopic (exact) mass is 481 g/mol. The lowest BCUT2D eigenvalue weighted by Gasteiger charge is -2.17. The maximum Gasteiger partial charge on any atom is 0.253 e. The predicted molar refractivity (Wildman–Crippen MR) is 127 cm³/mol. The number of rotatable bonds is 4. The van der Waals surface area contributed by atoms with Gasteiger partial charge in [-0.15, -0.1) is 0 Å². The second kappa shape index (κ2) is 8.40. The molecule has 4 aromatic rings. The SMILES string of the molecule is Cc1nn2c(C(C)C)c(C(=O)NC3COc4ccc(Cl)cc43)ccc2c1-c1c(F)cccc1F. The number of amides is 1. The zero-order valence-corrected chi connectivity index (χ0v) is 19.6. The molecule has 2 aromatic heterocycles. The average Bonchev–Trinajstić information content (AvgIpc) is 3.33. The Morgan fingerprint density at radius 2 is 1.88 bits per heavy atom. The van der Waals surface area contributed by atoms with Gasteiger partial charge in [0.25, 0.3) is 5.91 Å². The number of aryl methyl sites for hydroxylation is 1. The van der Waals surface area contributed by atoms with Crippen molar-refractivity contribution in [1.29, 1.82) is 0 Å². The Kier molecular flexibility index (Phi) is 5.52. The number of halogens is 3. The molecule has 0 saturated heterocycles. The summed E-state index contributed by atoms with van der Waals surface area (Å²) in [5.74, 6) is -1.02. The Labute approximate surface area is 200 Å². The summed E-state index contributed by atoms with van der Waals surface area (Å²) in [6, 6.07) is 12.1. The molecule has 1 aliphatic rings. The summed E-state index contributed by atoms with van der Waals surface area (Å²) in [4.78, 5) is 13.4. The van der Waals surface area contributed by atoms with E-state index in [9.17, 15) is 13.6 Å². The molecule has 5 nitrogen and oxygen atoms in total. The fourth-order valence-electron chi connectivity index (χ4n) is 4.58. The van der Waals surface area contributed by atoms with E-state index in [4.69, 9.17) is 16.3 Å². The number of aromatic nitrogens is 2. The minimum absolute atomic E-state index is 0.0939. The predicted octanol–water partition coefficient (Wildman–Crippen LogP) is 6.23. The van der Waals surface area contributed by atoms with Crippen LogP contribution in [0.5, 0.6) is 5.75 Å². The summed E-state index contributed by atoms with van der Waals surface area (Å²) in [6.07, 6.45) is 0. The van der Waals surface area contributed by atoms with Crippen LogP contribution in [0.2, 0.25) is 5.02 Å². The van der Waals surface area contributed by atoms with Crippen LogP contribution in [0.25, 0.3) is 16.6 Å². The summed E-state index contributed by atoms with van der Waals surface area (Å²) in [6.45, 7) is 5.90. The van der Waals surface area contributed by atoms with E-state index in [2.05, 4.69) is 10.4 Å². The highest BCUT2D eigenvalue weighted by Gasteiger charge is 2.29. The van der Waals surface area contributed by atoms with E-state index in [1.54, 1.807) is 41.8 Å². The molecule has 0 bridgehead atoms. The lowest BCUT2D eigenvalue weighted by Crippen LogP contribution is -2.31. The van der Waals surface area contributed by atoms with Crippen molar-refractivity contribution in [3.05, 3.63) is 87.7 Å². The van der Waals surface area contributed by atoms with Crippen LogP contribution in [0.4, 0.5) is 8.78 Å². The van der Waals surface area contributed by atoms with Crippen molar-refractivity contribution in [2.75, 3.05) is 6.61 Å². The van der Waals surface area contributed by atoms with Crippen LogP contribution in [0.3, 0.4) is 0 Å². The van der Waals surface area contributed by atoms with E-state index in [1.807, 2.05) is 13.8 Å². The van der Waals surface area contributed by atoms with E-state index in [1.165, 1.54) is 18.2 Å². The Balaban J connectivity index is 1.59. The topological polar surface area (TPSA) is 55.6 Å². The highest BCUT2D eigenvalue weighted by Crippen LogP contribution is 2.36. The molecule has 2 aromatic carbocycles. The molecule has 0 aliphatic carbocycles. The maximum atomic E-state index is 14.6. The minimum Gasteiger partial charge on any atom is -0.491 e. The Morgan fingerprint density at radius 1 is 1.15 bits per heavy atom. The molecule has 1 unspecified atom stereocenters. The number of ether oxygens (including phenoxy) is 1. The van der Waals surface area contributed by atoms with Gasteiger partial charge in [-0.1, -0.05) is 31.5 Å². The maximum absolute atomic E-state index is 14.6. The molecule has 1 amide bonds. The van der Waals surface area contributed by atoms with Crippen LogP contribution in [-0.4, -0.2) is 22.1 Å². The summed E-state index contributed by atoms with van der Waals surface area (Å²) in [7, 11) is 0. The van der Waals surface area contributed by atoms with Gasteiger partial charge in [-0.05, 0) is 55.3 Å². The van der Waals surface area contributed by atoms with E-state index in [-0.39, 0.29) is 23.4 Å². The van der Waals surface area contributed by atoms with Crippen LogP contribution in [0.15, 0.2) is 48.5 Å². The number of hydrogen-bond donors (Lipinski definition) is 1. The van der Waals surface area contributed by atoms with Gasteiger partial charge in [-0.3, -0.25) is 4.79 Å². The van der Waals surface area contributed by atoms with Crippen LogP contribution < -0.4 is 10.1 Å². The van der Waals surface area contributed by atoms with E-state index < -0.39 is 11.6 Å². The molecule has 174 valence electrons. The second-order valence-corrected chi connectivity index (χ2v) is 9.10. The molecule has 0 radical (unpaired) electrons. The van der Waals surface area contributed by atoms with E-state index in [0.29, 0.717) is 45.4 Å². The second-order valence-electron chi connectivity index (χ2n) is 8.66. The molecule has 0 spiro atoms. The standard InChI is InChI=1S/C26H22ClF2N3O2/c1-13(2)25-16(26(33)30-20-12-34-22-10-7-15(27)11-17(20)22)8-9-21-23(14(3)31-32(21)25)24-18(28)5-4-6-19(24)29/h4-11,13,20H,12H2,1-3H3,(H,30,33). The number of carbonyl (C=O) groups is 1. The average molecular weight is 482 g/mol. The first kappa shape index (κ1) is 22.3. The van der Waals surface area contributed by atoms with Crippen LogP contribution in [0, 0.1) is 18.6 Å². The molecule has 1 N–H and O–H groups in total. The van der Waals surface area contributed by atoms with Gasteiger partial charge in [-0.2, -0.15) is 5.10 Å². The molecule has 1 atom stereocenters. The normalized spacial score (nSPS) is 15.0. The highest BCUT2D eigenvalue weighted by molar-refractivity contribution is 6.30. The minimum atomic E-state index is -0.663. The van der Waals surface area contributed by atoms with Gasteiger partial charge in [0.1, 0.15) is 24.0 Å². The summed E-state index contributed by atoms with van der Waals surface area (Å²) < 4.78 is 36.5. The fraction of sp³-hybridized carbons (Fsp3) is 0.231. The van der Waals surface area contributed by atoms with Crippen molar-refractivity contribution in [2.45, 2.75) is 32.7 Å². The van der Waals surface area contributed by atoms with E-state index in [0.717, 1.165) is 5.56 Å². The molecule has 0 fully saturated rings. The summed E-state index contributed by atoms with van der Waals surface area (Å²) >= 11 is 6.13. The van der Waals surface area contributed by atoms with Crippen molar-refractivity contribution in [3.63, 3.8) is 0 Å². The van der Waals surface area contributed by atoms with Crippen LogP contribution in [0.1, 0.15) is 53.1 Å². The number of carbonyl (C=O) groups excluding carboxylic acids is 1. The molecule has 34 heavy (non-hydrogen) atoms. The van der Waals surface area contributed by atoms with Gasteiger partial charge in [-0.25, -0.2) is 13.3 Å². The molecule has 8 heteroatoms. The zero-order chi connectivity index (χ0) is 24.1. The Hall–Kier alpha value is -3.45. The first-order valence-electron chi connectivity index (χ1n) is 11.0. The zero-order valence-electron chi connectivity index (χ0n) is 18.8. The van der Waals surface area contributed by atoms with Crippen molar-refractivity contribution in [2.24, 2.45) is 0 Å². The molecule has 1 aliphatic heterocycles. The molecule has 3 heterocycles. The van der Waals surface area contributed by atoms with Gasteiger partial charge in [0, 0.05) is 16.1 Å². The van der Waals surface area contributed by atoms with E-state index >= 15 is 0 Å². The van der Waals surface area contributed by atoms with Gasteiger partial charge in [0.2, 0.25) is 0 Å². The number of benzene rings is 2. The lowest BCUT2D eigenvalue weighted by atomic mass is 9.99. The molecular formula is C26H22ClF2N3O2. The number of nitrogens with one attached hydrogen (secondary N) is 1. The molecular weight excluding hydrogens is 460 g/mol. The number of hydrogen-bond acceptors (Lipinski definition) is 3. The van der Waals surface area contributed by atoms with Crippen molar-refractivity contribution in [3.8, 4) is 16.9 Å². The van der Waals surface area contributed by atoms with Crippen molar-refractivity contribution in [1.82, 2.24) is 14.9 Å². The smallest absolute Gasteiger partial charge is 0.253 e. The first-order valence-corrected chi connectivity index (χ1v) is 11.3. The van der Waals surface area contributed by atoms with Gasteiger partial charge >= 0.3 is 0 Å². The largest absolute Gasteiger partial charge is 0.491 e. The quantitative estimate of drug-likeness (QED) is 0.376. The van der Waals surface area contributed by atoms with Gasteiger partial charge < -0.3 is 10.1 Å². The highest BCUT2D eigenvalue weighted by atomic mass is 35.5. The molecule has 5 rings (SSSR count). The first-order chi connectivity index (χ1) is 16.3. The third-order valence-corrected chi connectivity index (χ3v) is 6.31. The number of nitrogens with zero attached hydrogens (tertiary/aromatic N) is 2. The molecule has 0 saturated carbocycles. The lowest BCUT2D eigenvalue weighted by molar-refractivity contribution is 0.0928. The number of fused-ring (bicyclic) bond motifs is 2. The van der Waals surface area contributed by atoms with Crippen LogP contribution >= 0.6 is 11.6 Å². The van der Waals surface area contributed by atoms with Gasteiger partial charge in [0.05, 0.1) is 34.1 Å². The van der Waals surface area contributed by atoms with Crippen molar-refractivity contribution >= 4 is 23.0 Å².